The van der Waals surface area contributed by atoms with E-state index in [9.17, 15) is 5.11 Å². The molecule has 1 aliphatic rings. The fourth-order valence-electron chi connectivity index (χ4n) is 2.34. The van der Waals surface area contributed by atoms with E-state index in [1.165, 1.54) is 6.42 Å². The van der Waals surface area contributed by atoms with E-state index in [1.54, 1.807) is 11.3 Å². The zero-order valence-electron chi connectivity index (χ0n) is 9.90. The van der Waals surface area contributed by atoms with Crippen LogP contribution in [-0.4, -0.2) is 16.7 Å². The molecule has 0 aliphatic heterocycles. The van der Waals surface area contributed by atoms with Gasteiger partial charge in [0.25, 0.3) is 0 Å². The Labute approximate surface area is 119 Å². The number of aromatic nitrogens is 1. The van der Waals surface area contributed by atoms with Gasteiger partial charge in [-0.2, -0.15) is 0 Å². The van der Waals surface area contributed by atoms with Gasteiger partial charge in [-0.15, -0.1) is 11.3 Å². The molecule has 1 aliphatic carbocycles. The molecule has 94 valence electrons. The van der Waals surface area contributed by atoms with Gasteiger partial charge in [-0.3, -0.25) is 0 Å². The summed E-state index contributed by atoms with van der Waals surface area (Å²) in [6.45, 7) is 0.219. The van der Waals surface area contributed by atoms with Crippen molar-refractivity contribution < 1.29 is 5.11 Å². The number of benzene rings is 1. The van der Waals surface area contributed by atoms with Crippen molar-refractivity contribution in [3.8, 4) is 10.6 Å². The summed E-state index contributed by atoms with van der Waals surface area (Å²) in [5, 5.41) is 12.7. The topological polar surface area (TPSA) is 33.1 Å². The highest BCUT2D eigenvalue weighted by Gasteiger charge is 2.40. The molecule has 1 aromatic heterocycles. The van der Waals surface area contributed by atoms with Crippen LogP contribution in [0.15, 0.2) is 34.1 Å². The summed E-state index contributed by atoms with van der Waals surface area (Å²) in [6.07, 6.45) is 3.33. The molecule has 0 spiro atoms. The van der Waals surface area contributed by atoms with Gasteiger partial charge in [-0.25, -0.2) is 4.98 Å². The number of rotatable bonds is 3. The third-order valence-corrected chi connectivity index (χ3v) is 5.17. The number of aliphatic hydroxyl groups is 1. The van der Waals surface area contributed by atoms with E-state index in [2.05, 4.69) is 33.4 Å². The van der Waals surface area contributed by atoms with Crippen LogP contribution in [0.5, 0.6) is 0 Å². The highest BCUT2D eigenvalue weighted by atomic mass is 79.9. The second-order valence-electron chi connectivity index (χ2n) is 4.84. The summed E-state index contributed by atoms with van der Waals surface area (Å²) in [4.78, 5) is 4.72. The lowest BCUT2D eigenvalue weighted by molar-refractivity contribution is 0.117. The van der Waals surface area contributed by atoms with E-state index < -0.39 is 0 Å². The molecule has 18 heavy (non-hydrogen) atoms. The lowest BCUT2D eigenvalue weighted by Crippen LogP contribution is -2.38. The SMILES string of the molecule is OCC1(c2csc(-c3ccc(Br)cc3)n2)CCC1. The molecule has 1 N–H and O–H groups in total. The number of nitrogens with zero attached hydrogens (tertiary/aromatic N) is 1. The molecule has 0 atom stereocenters. The first kappa shape index (κ1) is 12.3. The van der Waals surface area contributed by atoms with E-state index in [-0.39, 0.29) is 12.0 Å². The Kier molecular flexibility index (Phi) is 3.26. The quantitative estimate of drug-likeness (QED) is 0.926. The molecule has 4 heteroatoms. The minimum atomic E-state index is -0.0515. The van der Waals surface area contributed by atoms with E-state index in [0.29, 0.717) is 0 Å². The standard InChI is InChI=1S/C14H14BrNOS/c15-11-4-2-10(3-5-11)13-16-12(8-18-13)14(9-17)6-1-7-14/h2-5,8,17H,1,6-7,9H2. The number of aliphatic hydroxyl groups excluding tert-OH is 1. The fraction of sp³-hybridized carbons (Fsp3) is 0.357. The van der Waals surface area contributed by atoms with Crippen LogP contribution in [0, 0.1) is 0 Å². The van der Waals surface area contributed by atoms with Crippen LogP contribution in [0.1, 0.15) is 25.0 Å². The Morgan fingerprint density at radius 1 is 1.28 bits per heavy atom. The van der Waals surface area contributed by atoms with Crippen LogP contribution >= 0.6 is 27.3 Å². The third kappa shape index (κ3) is 2.02. The fourth-order valence-corrected chi connectivity index (χ4v) is 3.55. The summed E-state index contributed by atoms with van der Waals surface area (Å²) in [6, 6.07) is 8.20. The van der Waals surface area contributed by atoms with E-state index >= 15 is 0 Å². The maximum absolute atomic E-state index is 9.56. The average molecular weight is 324 g/mol. The maximum Gasteiger partial charge on any atom is 0.123 e. The zero-order valence-corrected chi connectivity index (χ0v) is 12.3. The van der Waals surface area contributed by atoms with E-state index in [4.69, 9.17) is 4.98 Å². The van der Waals surface area contributed by atoms with E-state index in [0.717, 1.165) is 33.6 Å². The predicted molar refractivity (Wildman–Crippen MR) is 77.9 cm³/mol. The van der Waals surface area contributed by atoms with Gasteiger partial charge < -0.3 is 5.11 Å². The number of hydrogen-bond acceptors (Lipinski definition) is 3. The van der Waals surface area contributed by atoms with Crippen molar-refractivity contribution >= 4 is 27.3 Å². The Morgan fingerprint density at radius 2 is 2.00 bits per heavy atom. The molecule has 0 saturated heterocycles. The third-order valence-electron chi connectivity index (χ3n) is 3.75. The summed E-state index contributed by atoms with van der Waals surface area (Å²) in [7, 11) is 0. The smallest absolute Gasteiger partial charge is 0.123 e. The van der Waals surface area contributed by atoms with Gasteiger partial charge in [-0.05, 0) is 25.0 Å². The Balaban J connectivity index is 1.91. The Hall–Kier alpha value is -0.710. The molecule has 1 heterocycles. The van der Waals surface area contributed by atoms with Crippen molar-refractivity contribution in [1.82, 2.24) is 4.98 Å². The van der Waals surface area contributed by atoms with Gasteiger partial charge in [0, 0.05) is 20.8 Å². The highest BCUT2D eigenvalue weighted by Crippen LogP contribution is 2.44. The Bertz CT molecular complexity index is 540. The minimum absolute atomic E-state index is 0.0515. The molecule has 0 unspecified atom stereocenters. The molecule has 0 radical (unpaired) electrons. The molecular formula is C14H14BrNOS. The van der Waals surface area contributed by atoms with Crippen LogP contribution in [0.4, 0.5) is 0 Å². The first-order valence-corrected chi connectivity index (χ1v) is 7.74. The summed E-state index contributed by atoms with van der Waals surface area (Å²) < 4.78 is 1.08. The molecular weight excluding hydrogens is 310 g/mol. The number of hydrogen-bond donors (Lipinski definition) is 1. The second-order valence-corrected chi connectivity index (χ2v) is 6.61. The van der Waals surface area contributed by atoms with Gasteiger partial charge in [0.15, 0.2) is 0 Å². The highest BCUT2D eigenvalue weighted by molar-refractivity contribution is 9.10. The van der Waals surface area contributed by atoms with Crippen LogP contribution in [-0.2, 0) is 5.41 Å². The molecule has 3 rings (SSSR count). The maximum atomic E-state index is 9.56. The molecule has 0 bridgehead atoms. The van der Waals surface area contributed by atoms with Crippen LogP contribution < -0.4 is 0 Å². The zero-order chi connectivity index (χ0) is 12.6. The van der Waals surface area contributed by atoms with Crippen molar-refractivity contribution in [2.24, 2.45) is 0 Å². The van der Waals surface area contributed by atoms with Crippen molar-refractivity contribution in [2.45, 2.75) is 24.7 Å². The molecule has 0 amide bonds. The predicted octanol–water partition coefficient (Wildman–Crippen LogP) is 3.99. The van der Waals surface area contributed by atoms with Crippen LogP contribution in [0.3, 0.4) is 0 Å². The second kappa shape index (κ2) is 4.76. The largest absolute Gasteiger partial charge is 0.395 e. The first-order valence-electron chi connectivity index (χ1n) is 6.06. The van der Waals surface area contributed by atoms with Gasteiger partial charge >= 0.3 is 0 Å². The minimum Gasteiger partial charge on any atom is -0.395 e. The first-order chi connectivity index (χ1) is 8.73. The molecule has 1 saturated carbocycles. The lowest BCUT2D eigenvalue weighted by atomic mass is 9.67. The van der Waals surface area contributed by atoms with Gasteiger partial charge in [0.1, 0.15) is 5.01 Å². The lowest BCUT2D eigenvalue weighted by Gasteiger charge is -2.38. The summed E-state index contributed by atoms with van der Waals surface area (Å²) in [5.74, 6) is 0. The summed E-state index contributed by atoms with van der Waals surface area (Å²) >= 11 is 5.10. The van der Waals surface area contributed by atoms with Crippen molar-refractivity contribution in [3.05, 3.63) is 39.8 Å². The van der Waals surface area contributed by atoms with Crippen molar-refractivity contribution in [1.29, 1.82) is 0 Å². The van der Waals surface area contributed by atoms with Crippen LogP contribution in [0.2, 0.25) is 0 Å². The Morgan fingerprint density at radius 3 is 2.56 bits per heavy atom. The van der Waals surface area contributed by atoms with Crippen LogP contribution in [0.25, 0.3) is 10.6 Å². The average Bonchev–Trinajstić information content (AvgIpc) is 2.79. The molecule has 1 aromatic carbocycles. The van der Waals surface area contributed by atoms with Gasteiger partial charge in [-0.1, -0.05) is 34.5 Å². The number of thiazole rings is 1. The van der Waals surface area contributed by atoms with E-state index in [1.807, 2.05) is 12.1 Å². The van der Waals surface area contributed by atoms with Crippen molar-refractivity contribution in [3.63, 3.8) is 0 Å². The monoisotopic (exact) mass is 323 g/mol. The molecule has 2 aromatic rings. The summed E-state index contributed by atoms with van der Waals surface area (Å²) in [5.41, 5.74) is 2.16. The van der Waals surface area contributed by atoms with Crippen molar-refractivity contribution in [2.75, 3.05) is 6.61 Å². The normalized spacial score (nSPS) is 17.4. The number of halogens is 1. The van der Waals surface area contributed by atoms with Gasteiger partial charge in [0.05, 0.1) is 12.3 Å². The molecule has 1 fully saturated rings. The molecule has 2 nitrogen and oxygen atoms in total. The van der Waals surface area contributed by atoms with Gasteiger partial charge in [0.2, 0.25) is 0 Å².